The van der Waals surface area contributed by atoms with E-state index < -0.39 is 11.7 Å². The summed E-state index contributed by atoms with van der Waals surface area (Å²) in [5, 5.41) is 12.7. The van der Waals surface area contributed by atoms with Crippen molar-refractivity contribution in [1.29, 1.82) is 0 Å². The van der Waals surface area contributed by atoms with Crippen LogP contribution in [0.15, 0.2) is 17.8 Å². The Kier molecular flexibility index (Phi) is 3.78. The van der Waals surface area contributed by atoms with Gasteiger partial charge in [0.05, 0.1) is 5.56 Å². The van der Waals surface area contributed by atoms with Crippen LogP contribution in [-0.2, 0) is 0 Å². The fourth-order valence-corrected chi connectivity index (χ4v) is 1.74. The number of amides is 1. The molecule has 1 amide bonds. The molecule has 0 aliphatic rings. The van der Waals surface area contributed by atoms with E-state index in [1.54, 1.807) is 0 Å². The largest absolute Gasteiger partial charge is 0.368 e. The van der Waals surface area contributed by atoms with Crippen molar-refractivity contribution in [3.8, 4) is 0 Å². The Balaban J connectivity index is 2.22. The van der Waals surface area contributed by atoms with Crippen molar-refractivity contribution >= 4 is 28.2 Å². The fraction of sp³-hybridized carbons (Fsp3) is 0.200. The number of nitrogens with one attached hydrogen (secondary N) is 2. The Morgan fingerprint density at radius 3 is 3.06 bits per heavy atom. The van der Waals surface area contributed by atoms with Crippen LogP contribution in [0.3, 0.4) is 0 Å². The molecule has 0 spiro atoms. The van der Waals surface area contributed by atoms with E-state index in [1.807, 2.05) is 6.92 Å². The maximum atomic E-state index is 13.9. The van der Waals surface area contributed by atoms with E-state index in [4.69, 9.17) is 0 Å². The molecular formula is C10H10FN5OS. The number of hydrogen-bond acceptors (Lipinski definition) is 6. The molecule has 2 rings (SSSR count). The predicted molar refractivity (Wildman–Crippen MR) is 66.2 cm³/mol. The molecule has 8 heteroatoms. The Morgan fingerprint density at radius 2 is 2.39 bits per heavy atom. The summed E-state index contributed by atoms with van der Waals surface area (Å²) in [5.41, 5.74) is 1.39. The summed E-state index contributed by atoms with van der Waals surface area (Å²) in [6, 6.07) is 1.31. The van der Waals surface area contributed by atoms with Crippen LogP contribution in [-0.4, -0.2) is 27.6 Å². The lowest BCUT2D eigenvalue weighted by Crippen LogP contribution is -2.15. The lowest BCUT2D eigenvalue weighted by Gasteiger charge is -2.07. The average molecular weight is 267 g/mol. The van der Waals surface area contributed by atoms with E-state index >= 15 is 0 Å². The van der Waals surface area contributed by atoms with Crippen LogP contribution in [0, 0.1) is 5.82 Å². The van der Waals surface area contributed by atoms with Crippen LogP contribution in [0.5, 0.6) is 0 Å². The summed E-state index contributed by atoms with van der Waals surface area (Å²) in [5.74, 6) is -1.20. The number of carbonyl (C=O) groups excluding carboxylic acids is 1. The molecule has 94 valence electrons. The normalized spacial score (nSPS) is 10.1. The Bertz CT molecular complexity index is 545. The zero-order valence-electron chi connectivity index (χ0n) is 9.48. The predicted octanol–water partition coefficient (Wildman–Crippen LogP) is 1.76. The molecule has 0 aromatic carbocycles. The van der Waals surface area contributed by atoms with E-state index in [0.717, 1.165) is 11.3 Å². The molecule has 0 unspecified atom stereocenters. The van der Waals surface area contributed by atoms with Gasteiger partial charge in [0, 0.05) is 12.7 Å². The van der Waals surface area contributed by atoms with Crippen molar-refractivity contribution in [3.63, 3.8) is 0 Å². The number of anilines is 2. The first-order valence-corrected chi connectivity index (χ1v) is 6.06. The molecule has 6 nitrogen and oxygen atoms in total. The third-order valence-electron chi connectivity index (χ3n) is 2.06. The van der Waals surface area contributed by atoms with Gasteiger partial charge in [-0.1, -0.05) is 11.3 Å². The fourth-order valence-electron chi connectivity index (χ4n) is 1.30. The van der Waals surface area contributed by atoms with Crippen molar-refractivity contribution in [3.05, 3.63) is 29.2 Å². The van der Waals surface area contributed by atoms with Crippen LogP contribution in [0.1, 0.15) is 17.3 Å². The number of aromatic nitrogens is 3. The van der Waals surface area contributed by atoms with Crippen LogP contribution in [0.2, 0.25) is 0 Å². The minimum Gasteiger partial charge on any atom is -0.368 e. The van der Waals surface area contributed by atoms with Gasteiger partial charge in [-0.25, -0.2) is 9.37 Å². The first-order valence-electron chi connectivity index (χ1n) is 5.18. The summed E-state index contributed by atoms with van der Waals surface area (Å²) < 4.78 is 13.9. The minimum atomic E-state index is -0.679. The molecule has 0 bridgehead atoms. The molecular weight excluding hydrogens is 257 g/mol. The number of carbonyl (C=O) groups is 1. The van der Waals surface area contributed by atoms with Gasteiger partial charge in [-0.2, -0.15) is 0 Å². The zero-order chi connectivity index (χ0) is 13.0. The number of rotatable bonds is 4. The topological polar surface area (TPSA) is 79.8 Å². The highest BCUT2D eigenvalue weighted by Crippen LogP contribution is 2.17. The second kappa shape index (κ2) is 5.50. The second-order valence-electron chi connectivity index (χ2n) is 3.25. The molecule has 0 saturated heterocycles. The lowest BCUT2D eigenvalue weighted by atomic mass is 10.2. The molecule has 18 heavy (non-hydrogen) atoms. The quantitative estimate of drug-likeness (QED) is 0.882. The van der Waals surface area contributed by atoms with Gasteiger partial charge in [0.2, 0.25) is 5.13 Å². The summed E-state index contributed by atoms with van der Waals surface area (Å²) >= 11 is 1.16. The van der Waals surface area contributed by atoms with Gasteiger partial charge in [-0.05, 0) is 13.0 Å². The third kappa shape index (κ3) is 2.59. The molecule has 0 fully saturated rings. The van der Waals surface area contributed by atoms with E-state index in [0.29, 0.717) is 11.7 Å². The summed E-state index contributed by atoms with van der Waals surface area (Å²) in [4.78, 5) is 15.6. The smallest absolute Gasteiger partial charge is 0.260 e. The van der Waals surface area contributed by atoms with Crippen molar-refractivity contribution in [2.45, 2.75) is 6.92 Å². The number of hydrogen-bond donors (Lipinski definition) is 2. The van der Waals surface area contributed by atoms with Crippen LogP contribution >= 0.6 is 11.3 Å². The van der Waals surface area contributed by atoms with Gasteiger partial charge in [-0.3, -0.25) is 10.1 Å². The monoisotopic (exact) mass is 267 g/mol. The van der Waals surface area contributed by atoms with Crippen molar-refractivity contribution < 1.29 is 9.18 Å². The van der Waals surface area contributed by atoms with Gasteiger partial charge in [0.1, 0.15) is 5.51 Å². The molecule has 2 aromatic heterocycles. The van der Waals surface area contributed by atoms with E-state index in [2.05, 4.69) is 25.8 Å². The molecule has 0 atom stereocenters. The van der Waals surface area contributed by atoms with Gasteiger partial charge in [0.15, 0.2) is 11.6 Å². The molecule has 0 aliphatic heterocycles. The number of nitrogens with zero attached hydrogens (tertiary/aromatic N) is 3. The third-order valence-corrected chi connectivity index (χ3v) is 2.67. The highest BCUT2D eigenvalue weighted by molar-refractivity contribution is 7.13. The van der Waals surface area contributed by atoms with Crippen molar-refractivity contribution in [1.82, 2.24) is 15.2 Å². The Labute approximate surface area is 106 Å². The van der Waals surface area contributed by atoms with Gasteiger partial charge >= 0.3 is 0 Å². The SMILES string of the molecule is CCNc1nccc(C(=O)Nc2nncs2)c1F. The Hall–Kier alpha value is -2.09. The maximum Gasteiger partial charge on any atom is 0.260 e. The highest BCUT2D eigenvalue weighted by atomic mass is 32.1. The van der Waals surface area contributed by atoms with E-state index in [1.165, 1.54) is 17.8 Å². The standard InChI is InChI=1S/C10H10FN5OS/c1-2-12-8-7(11)6(3-4-13-8)9(17)15-10-16-14-5-18-10/h3-5H,2H2,1H3,(H,12,13)(H,15,16,17). The highest BCUT2D eigenvalue weighted by Gasteiger charge is 2.16. The van der Waals surface area contributed by atoms with Crippen LogP contribution < -0.4 is 10.6 Å². The molecule has 2 N–H and O–H groups in total. The zero-order valence-corrected chi connectivity index (χ0v) is 10.3. The maximum absolute atomic E-state index is 13.9. The molecule has 0 aliphatic carbocycles. The van der Waals surface area contributed by atoms with Crippen molar-refractivity contribution in [2.24, 2.45) is 0 Å². The molecule has 0 saturated carbocycles. The van der Waals surface area contributed by atoms with Crippen molar-refractivity contribution in [2.75, 3.05) is 17.2 Å². The van der Waals surface area contributed by atoms with E-state index in [9.17, 15) is 9.18 Å². The first kappa shape index (κ1) is 12.4. The molecule has 2 aromatic rings. The molecule has 2 heterocycles. The summed E-state index contributed by atoms with van der Waals surface area (Å²) in [7, 11) is 0. The van der Waals surface area contributed by atoms with Crippen LogP contribution in [0.25, 0.3) is 0 Å². The van der Waals surface area contributed by atoms with E-state index in [-0.39, 0.29) is 11.4 Å². The first-order chi connectivity index (χ1) is 8.72. The van der Waals surface area contributed by atoms with Gasteiger partial charge in [-0.15, -0.1) is 10.2 Å². The average Bonchev–Trinajstić information content (AvgIpc) is 2.85. The van der Waals surface area contributed by atoms with Gasteiger partial charge in [0.25, 0.3) is 5.91 Å². The van der Waals surface area contributed by atoms with Gasteiger partial charge < -0.3 is 5.32 Å². The Morgan fingerprint density at radius 1 is 1.56 bits per heavy atom. The van der Waals surface area contributed by atoms with Crippen LogP contribution in [0.4, 0.5) is 15.3 Å². The molecule has 0 radical (unpaired) electrons. The summed E-state index contributed by atoms with van der Waals surface area (Å²) in [6.45, 7) is 2.33. The number of halogens is 1. The minimum absolute atomic E-state index is 0.0578. The summed E-state index contributed by atoms with van der Waals surface area (Å²) in [6.07, 6.45) is 1.37. The number of pyridine rings is 1. The lowest BCUT2D eigenvalue weighted by molar-refractivity contribution is 0.102. The second-order valence-corrected chi connectivity index (χ2v) is 4.08.